The van der Waals surface area contributed by atoms with Gasteiger partial charge in [-0.15, -0.1) is 11.8 Å². The molecule has 1 aliphatic rings. The van der Waals surface area contributed by atoms with E-state index in [9.17, 15) is 0 Å². The van der Waals surface area contributed by atoms with Crippen molar-refractivity contribution in [2.45, 2.75) is 103 Å². The van der Waals surface area contributed by atoms with Gasteiger partial charge in [-0.1, -0.05) is 58.0 Å². The Morgan fingerprint density at radius 3 is 2.37 bits per heavy atom. The minimum absolute atomic E-state index is 0.109. The molecule has 0 unspecified atom stereocenters. The quantitative estimate of drug-likeness (QED) is 0.377. The van der Waals surface area contributed by atoms with Crippen LogP contribution in [0.15, 0.2) is 30.3 Å². The zero-order chi connectivity index (χ0) is 22.4. The van der Waals surface area contributed by atoms with Gasteiger partial charge in [-0.2, -0.15) is 0 Å². The summed E-state index contributed by atoms with van der Waals surface area (Å²) in [6, 6.07) is 10.2. The van der Waals surface area contributed by atoms with Crippen LogP contribution in [0.25, 0.3) is 0 Å². The highest BCUT2D eigenvalue weighted by Crippen LogP contribution is 2.40. The highest BCUT2D eigenvalue weighted by molar-refractivity contribution is 6.74. The first-order chi connectivity index (χ1) is 14.0. The summed E-state index contributed by atoms with van der Waals surface area (Å²) < 4.78 is 25.4. The molecular formula is C25H40O4Si. The van der Waals surface area contributed by atoms with Gasteiger partial charge in [-0.3, -0.25) is 0 Å². The molecule has 0 saturated carbocycles. The van der Waals surface area contributed by atoms with Crippen molar-refractivity contribution in [3.05, 3.63) is 35.9 Å². The largest absolute Gasteiger partial charge is 0.410 e. The van der Waals surface area contributed by atoms with Crippen molar-refractivity contribution in [3.8, 4) is 11.8 Å². The third-order valence-electron chi connectivity index (χ3n) is 5.84. The minimum Gasteiger partial charge on any atom is -0.410 e. The van der Waals surface area contributed by atoms with Gasteiger partial charge >= 0.3 is 0 Å². The van der Waals surface area contributed by atoms with Crippen LogP contribution in [0.2, 0.25) is 18.1 Å². The lowest BCUT2D eigenvalue weighted by Gasteiger charge is -2.40. The van der Waals surface area contributed by atoms with Crippen LogP contribution in [-0.2, 0) is 25.2 Å². The van der Waals surface area contributed by atoms with Crippen molar-refractivity contribution in [2.75, 3.05) is 6.61 Å². The van der Waals surface area contributed by atoms with Crippen LogP contribution >= 0.6 is 0 Å². The number of hydrogen-bond acceptors (Lipinski definition) is 4. The Kier molecular flexibility index (Phi) is 8.73. The van der Waals surface area contributed by atoms with Crippen molar-refractivity contribution >= 4 is 8.32 Å². The molecule has 1 saturated heterocycles. The summed E-state index contributed by atoms with van der Waals surface area (Å²) in [5.41, 5.74) is 1.15. The fraction of sp³-hybridized carbons (Fsp3) is 0.680. The van der Waals surface area contributed by atoms with Crippen LogP contribution in [0, 0.1) is 11.8 Å². The maximum atomic E-state index is 6.80. The monoisotopic (exact) mass is 432 g/mol. The van der Waals surface area contributed by atoms with Gasteiger partial charge in [0.1, 0.15) is 12.2 Å². The molecule has 2 rings (SSSR count). The van der Waals surface area contributed by atoms with E-state index in [4.69, 9.17) is 18.6 Å². The number of benzene rings is 1. The lowest BCUT2D eigenvalue weighted by Crippen LogP contribution is -2.49. The lowest BCUT2D eigenvalue weighted by molar-refractivity contribution is -0.157. The minimum atomic E-state index is -2.00. The summed E-state index contributed by atoms with van der Waals surface area (Å²) in [7, 11) is -2.00. The molecule has 0 N–H and O–H groups in total. The molecule has 1 fully saturated rings. The van der Waals surface area contributed by atoms with Gasteiger partial charge in [0, 0.05) is 12.8 Å². The van der Waals surface area contributed by atoms with Crippen LogP contribution in [0.1, 0.15) is 59.9 Å². The maximum Gasteiger partial charge on any atom is 0.192 e. The van der Waals surface area contributed by atoms with Gasteiger partial charge < -0.3 is 18.6 Å². The second-order valence-electron chi connectivity index (χ2n) is 9.97. The van der Waals surface area contributed by atoms with Gasteiger partial charge in [-0.05, 0) is 37.5 Å². The van der Waals surface area contributed by atoms with Crippen molar-refractivity contribution in [3.63, 3.8) is 0 Å². The Balaban J connectivity index is 2.15. The first-order valence-corrected chi connectivity index (χ1v) is 14.0. The van der Waals surface area contributed by atoms with E-state index in [2.05, 4.69) is 64.8 Å². The molecule has 1 aromatic rings. The van der Waals surface area contributed by atoms with Gasteiger partial charge in [0.15, 0.2) is 14.1 Å². The summed E-state index contributed by atoms with van der Waals surface area (Å²) in [5, 5.41) is 0.109. The predicted octanol–water partition coefficient (Wildman–Crippen LogP) is 5.92. The van der Waals surface area contributed by atoms with Crippen LogP contribution in [0.5, 0.6) is 0 Å². The number of hydrogen-bond donors (Lipinski definition) is 0. The summed E-state index contributed by atoms with van der Waals surface area (Å²) in [4.78, 5) is 0. The van der Waals surface area contributed by atoms with Crippen molar-refractivity contribution in [1.29, 1.82) is 0 Å². The molecule has 0 bridgehead atoms. The van der Waals surface area contributed by atoms with E-state index in [1.165, 1.54) is 0 Å². The van der Waals surface area contributed by atoms with E-state index in [1.54, 1.807) is 0 Å². The van der Waals surface area contributed by atoms with Gasteiger partial charge in [0.05, 0.1) is 19.3 Å². The molecule has 5 heteroatoms. The molecule has 0 aliphatic carbocycles. The zero-order valence-corrected chi connectivity index (χ0v) is 21.1. The Labute approximate surface area is 184 Å². The van der Waals surface area contributed by atoms with Crippen LogP contribution in [-0.4, -0.2) is 39.0 Å². The maximum absolute atomic E-state index is 6.80. The van der Waals surface area contributed by atoms with Crippen LogP contribution in [0.4, 0.5) is 0 Å². The first-order valence-electron chi connectivity index (χ1n) is 11.1. The van der Waals surface area contributed by atoms with E-state index >= 15 is 0 Å². The average Bonchev–Trinajstić information content (AvgIpc) is 2.95. The van der Waals surface area contributed by atoms with Crippen LogP contribution in [0.3, 0.4) is 0 Å². The van der Waals surface area contributed by atoms with E-state index in [0.29, 0.717) is 19.6 Å². The Morgan fingerprint density at radius 2 is 1.77 bits per heavy atom. The summed E-state index contributed by atoms with van der Waals surface area (Å²) in [6.07, 6.45) is 0.929. The highest BCUT2D eigenvalue weighted by Gasteiger charge is 2.48. The smallest absolute Gasteiger partial charge is 0.192 e. The first kappa shape index (κ1) is 25.1. The lowest BCUT2D eigenvalue weighted by atomic mass is 10.1. The SMILES string of the molecule is CCC#CC[C@@H](O[Si](C)(C)C(C)(C)C)[C@H]1OC(C)(C)O[C@@H]1COCc1ccccc1. The molecule has 0 radical (unpaired) electrons. The average molecular weight is 433 g/mol. The molecule has 1 heterocycles. The van der Waals surface area contributed by atoms with Gasteiger partial charge in [0.2, 0.25) is 0 Å². The van der Waals surface area contributed by atoms with Gasteiger partial charge in [-0.25, -0.2) is 0 Å². The second kappa shape index (κ2) is 10.4. The Hall–Kier alpha value is -1.16. The van der Waals surface area contributed by atoms with Crippen molar-refractivity contribution < 1.29 is 18.6 Å². The fourth-order valence-corrected chi connectivity index (χ4v) is 4.58. The molecule has 3 atom stereocenters. The molecule has 30 heavy (non-hydrogen) atoms. The summed E-state index contributed by atoms with van der Waals surface area (Å²) in [6.45, 7) is 18.3. The van der Waals surface area contributed by atoms with E-state index in [0.717, 1.165) is 12.0 Å². The Bertz CT molecular complexity index is 712. The number of rotatable bonds is 8. The fourth-order valence-electron chi connectivity index (χ4n) is 3.25. The van der Waals surface area contributed by atoms with Gasteiger partial charge in [0.25, 0.3) is 0 Å². The molecule has 1 aromatic carbocycles. The number of ether oxygens (including phenoxy) is 3. The molecular weight excluding hydrogens is 392 g/mol. The summed E-state index contributed by atoms with van der Waals surface area (Å²) >= 11 is 0. The molecule has 0 aromatic heterocycles. The Morgan fingerprint density at radius 1 is 1.10 bits per heavy atom. The van der Waals surface area contributed by atoms with Crippen molar-refractivity contribution in [2.24, 2.45) is 0 Å². The van der Waals surface area contributed by atoms with E-state index < -0.39 is 14.1 Å². The predicted molar refractivity (Wildman–Crippen MR) is 125 cm³/mol. The van der Waals surface area contributed by atoms with Crippen molar-refractivity contribution in [1.82, 2.24) is 0 Å². The molecule has 4 nitrogen and oxygen atoms in total. The zero-order valence-electron chi connectivity index (χ0n) is 20.1. The highest BCUT2D eigenvalue weighted by atomic mass is 28.4. The molecule has 1 aliphatic heterocycles. The standard InChI is InChI=1S/C25H40O4Si/c1-9-10-12-17-21(29-30(7,8)24(2,3)4)23-22(27-25(5,6)28-23)19-26-18-20-15-13-11-14-16-20/h11,13-16,21-23H,9,17-19H2,1-8H3/t21-,22-,23-/m1/s1. The van der Waals surface area contributed by atoms with Crippen LogP contribution < -0.4 is 0 Å². The summed E-state index contributed by atoms with van der Waals surface area (Å²) in [5.74, 6) is 5.80. The normalized spacial score (nSPS) is 22.4. The third-order valence-corrected chi connectivity index (χ3v) is 10.3. The molecule has 0 spiro atoms. The molecule has 168 valence electrons. The third kappa shape index (κ3) is 7.21. The van der Waals surface area contributed by atoms with E-state index in [-0.39, 0.29) is 23.4 Å². The second-order valence-corrected chi connectivity index (χ2v) is 14.7. The van der Waals surface area contributed by atoms with E-state index in [1.807, 2.05) is 32.0 Å². The molecule has 0 amide bonds. The topological polar surface area (TPSA) is 36.9 Å².